The number of alkyl carbamates (subject to hydrolysis) is 1. The summed E-state index contributed by atoms with van der Waals surface area (Å²) in [6, 6.07) is -1.43. The van der Waals surface area contributed by atoms with Crippen LogP contribution in [0.25, 0.3) is 0 Å². The van der Waals surface area contributed by atoms with Crippen molar-refractivity contribution in [3.05, 3.63) is 0 Å². The molecule has 0 saturated carbocycles. The Bertz CT molecular complexity index is 324. The molecule has 0 aliphatic heterocycles. The molecule has 0 saturated heterocycles. The van der Waals surface area contributed by atoms with Crippen LogP contribution < -0.4 is 5.32 Å². The van der Waals surface area contributed by atoms with Crippen LogP contribution in [0.5, 0.6) is 0 Å². The highest BCUT2D eigenvalue weighted by molar-refractivity contribution is 6.17. The van der Waals surface area contributed by atoms with Crippen LogP contribution in [0.1, 0.15) is 34.1 Å². The van der Waals surface area contributed by atoms with Gasteiger partial charge in [0.25, 0.3) is 0 Å². The molecule has 0 fully saturated rings. The van der Waals surface area contributed by atoms with Crippen molar-refractivity contribution < 1.29 is 23.9 Å². The normalized spacial score (nSPS) is 12.5. The number of ether oxygens (including phenoxy) is 2. The molecule has 1 amide bonds. The van der Waals surface area contributed by atoms with E-state index in [1.54, 1.807) is 20.8 Å². The van der Waals surface area contributed by atoms with Crippen LogP contribution in [0, 0.1) is 0 Å². The van der Waals surface area contributed by atoms with Gasteiger partial charge in [-0.05, 0) is 27.7 Å². The van der Waals surface area contributed by atoms with E-state index in [4.69, 9.17) is 16.3 Å². The topological polar surface area (TPSA) is 81.7 Å². The summed E-state index contributed by atoms with van der Waals surface area (Å²) < 4.78 is 9.52. The zero-order chi connectivity index (χ0) is 14.3. The Kier molecular flexibility index (Phi) is 6.68. The van der Waals surface area contributed by atoms with Gasteiger partial charge >= 0.3 is 12.1 Å². The molecule has 0 aromatic carbocycles. The number of carbonyl (C=O) groups is 3. The number of hydrogen-bond donors (Lipinski definition) is 1. The predicted octanol–water partition coefficient (Wildman–Crippen LogP) is 1.60. The molecule has 6 nitrogen and oxygen atoms in total. The Morgan fingerprint density at radius 3 is 2.22 bits per heavy atom. The van der Waals surface area contributed by atoms with Gasteiger partial charge in [-0.2, -0.15) is 0 Å². The SMILES string of the molecule is CC(=O)CC(NC(=O)OC(C)(C)C)C(=O)OCCl. The van der Waals surface area contributed by atoms with Crippen molar-refractivity contribution in [1.82, 2.24) is 5.32 Å². The third-order valence-corrected chi connectivity index (χ3v) is 1.77. The van der Waals surface area contributed by atoms with E-state index in [0.29, 0.717) is 0 Å². The summed E-state index contributed by atoms with van der Waals surface area (Å²) in [5.41, 5.74) is -0.693. The van der Waals surface area contributed by atoms with Crippen molar-refractivity contribution in [2.45, 2.75) is 45.8 Å². The Morgan fingerprint density at radius 2 is 1.83 bits per heavy atom. The molecule has 7 heteroatoms. The maximum Gasteiger partial charge on any atom is 0.408 e. The van der Waals surface area contributed by atoms with Crippen LogP contribution in [0.3, 0.4) is 0 Å². The quantitative estimate of drug-likeness (QED) is 0.610. The van der Waals surface area contributed by atoms with E-state index in [0.717, 1.165) is 0 Å². The highest BCUT2D eigenvalue weighted by Crippen LogP contribution is 2.08. The molecule has 1 atom stereocenters. The summed E-state index contributed by atoms with van der Waals surface area (Å²) in [6.45, 7) is 6.36. The Labute approximate surface area is 111 Å². The van der Waals surface area contributed by atoms with Crippen LogP contribution >= 0.6 is 11.6 Å². The molecule has 18 heavy (non-hydrogen) atoms. The number of alkyl halides is 1. The highest BCUT2D eigenvalue weighted by Gasteiger charge is 2.26. The standard InChI is InChI=1S/C11H18ClNO5/c1-7(14)5-8(9(15)17-6-12)13-10(16)18-11(2,3)4/h8H,5-6H2,1-4H3,(H,13,16). The van der Waals surface area contributed by atoms with Gasteiger partial charge < -0.3 is 14.8 Å². The second-order valence-corrected chi connectivity index (χ2v) is 4.90. The van der Waals surface area contributed by atoms with E-state index in [9.17, 15) is 14.4 Å². The number of carbonyl (C=O) groups excluding carboxylic acids is 3. The summed E-state index contributed by atoms with van der Waals surface area (Å²) in [5.74, 6) is -1.03. The van der Waals surface area contributed by atoms with Crippen molar-refractivity contribution in [2.24, 2.45) is 0 Å². The summed E-state index contributed by atoms with van der Waals surface area (Å²) in [5, 5.41) is 2.27. The van der Waals surface area contributed by atoms with Gasteiger partial charge in [0, 0.05) is 6.42 Å². The lowest BCUT2D eigenvalue weighted by Crippen LogP contribution is -2.45. The van der Waals surface area contributed by atoms with Crippen LogP contribution in [0.4, 0.5) is 4.79 Å². The molecule has 0 heterocycles. The number of ketones is 1. The van der Waals surface area contributed by atoms with E-state index in [2.05, 4.69) is 10.1 Å². The number of amides is 1. The van der Waals surface area contributed by atoms with Crippen LogP contribution in [-0.4, -0.2) is 35.6 Å². The maximum atomic E-state index is 11.5. The molecule has 0 aromatic heterocycles. The smallest absolute Gasteiger partial charge is 0.408 e. The highest BCUT2D eigenvalue weighted by atomic mass is 35.5. The van der Waals surface area contributed by atoms with Gasteiger partial charge in [-0.1, -0.05) is 11.6 Å². The first-order valence-electron chi connectivity index (χ1n) is 5.37. The molecular weight excluding hydrogens is 262 g/mol. The van der Waals surface area contributed by atoms with Crippen molar-refractivity contribution in [3.8, 4) is 0 Å². The number of halogens is 1. The second-order valence-electron chi connectivity index (χ2n) is 4.68. The Hall–Kier alpha value is -1.30. The molecular formula is C11H18ClNO5. The van der Waals surface area contributed by atoms with Crippen LogP contribution in [0.2, 0.25) is 0 Å². The van der Waals surface area contributed by atoms with Gasteiger partial charge in [0.15, 0.2) is 6.07 Å². The minimum atomic E-state index is -1.09. The molecule has 0 bridgehead atoms. The second kappa shape index (κ2) is 7.20. The molecule has 0 aliphatic rings. The maximum absolute atomic E-state index is 11.5. The van der Waals surface area contributed by atoms with Gasteiger partial charge in [0.05, 0.1) is 0 Å². The van der Waals surface area contributed by atoms with Crippen LogP contribution in [0.15, 0.2) is 0 Å². The average molecular weight is 280 g/mol. The number of rotatable bonds is 5. The van der Waals surface area contributed by atoms with Crippen molar-refractivity contribution in [1.29, 1.82) is 0 Å². The molecule has 0 rings (SSSR count). The third-order valence-electron chi connectivity index (χ3n) is 1.66. The molecule has 0 aromatic rings. The number of esters is 1. The summed E-state index contributed by atoms with van der Waals surface area (Å²) in [6.07, 6.45) is -0.963. The fourth-order valence-corrected chi connectivity index (χ4v) is 1.19. The van der Waals surface area contributed by atoms with E-state index < -0.39 is 23.7 Å². The third kappa shape index (κ3) is 7.89. The lowest BCUT2D eigenvalue weighted by Gasteiger charge is -2.22. The van der Waals surface area contributed by atoms with Gasteiger partial charge in [0.1, 0.15) is 17.4 Å². The van der Waals surface area contributed by atoms with Crippen molar-refractivity contribution >= 4 is 29.4 Å². The lowest BCUT2D eigenvalue weighted by atomic mass is 10.1. The number of Topliss-reactive ketones (excluding diaryl/α,β-unsaturated/α-hetero) is 1. The number of hydrogen-bond acceptors (Lipinski definition) is 5. The van der Waals surface area contributed by atoms with E-state index >= 15 is 0 Å². The minimum absolute atomic E-state index is 0.172. The molecule has 1 unspecified atom stereocenters. The first-order valence-corrected chi connectivity index (χ1v) is 5.90. The molecule has 104 valence electrons. The summed E-state index contributed by atoms with van der Waals surface area (Å²) >= 11 is 5.25. The monoisotopic (exact) mass is 279 g/mol. The Balaban J connectivity index is 4.54. The van der Waals surface area contributed by atoms with Crippen LogP contribution in [-0.2, 0) is 19.1 Å². The van der Waals surface area contributed by atoms with E-state index in [1.807, 2.05) is 0 Å². The summed E-state index contributed by atoms with van der Waals surface area (Å²) in [7, 11) is 0. The van der Waals surface area contributed by atoms with E-state index in [1.165, 1.54) is 6.92 Å². The Morgan fingerprint density at radius 1 is 1.28 bits per heavy atom. The first-order chi connectivity index (χ1) is 8.15. The summed E-state index contributed by atoms with van der Waals surface area (Å²) in [4.78, 5) is 33.9. The van der Waals surface area contributed by atoms with Gasteiger partial charge in [-0.25, -0.2) is 9.59 Å². The zero-order valence-corrected chi connectivity index (χ0v) is 11.7. The fourth-order valence-electron chi connectivity index (χ4n) is 1.08. The molecule has 0 aliphatic carbocycles. The predicted molar refractivity (Wildman–Crippen MR) is 65.3 cm³/mol. The van der Waals surface area contributed by atoms with Crippen molar-refractivity contribution in [2.75, 3.05) is 6.07 Å². The van der Waals surface area contributed by atoms with Gasteiger partial charge in [0.2, 0.25) is 0 Å². The van der Waals surface area contributed by atoms with E-state index in [-0.39, 0.29) is 18.3 Å². The lowest BCUT2D eigenvalue weighted by molar-refractivity contribution is -0.145. The van der Waals surface area contributed by atoms with Gasteiger partial charge in [-0.15, -0.1) is 0 Å². The van der Waals surface area contributed by atoms with Crippen molar-refractivity contribution in [3.63, 3.8) is 0 Å². The molecule has 0 spiro atoms. The molecule has 1 N–H and O–H groups in total. The van der Waals surface area contributed by atoms with Gasteiger partial charge in [-0.3, -0.25) is 4.79 Å². The largest absolute Gasteiger partial charge is 0.448 e. The average Bonchev–Trinajstić information content (AvgIpc) is 2.13. The number of nitrogens with one attached hydrogen (secondary N) is 1. The minimum Gasteiger partial charge on any atom is -0.448 e. The first kappa shape index (κ1) is 16.7. The fraction of sp³-hybridized carbons (Fsp3) is 0.727. The molecule has 0 radical (unpaired) electrons. The zero-order valence-electron chi connectivity index (χ0n) is 10.9.